The van der Waals surface area contributed by atoms with Crippen molar-refractivity contribution in [1.29, 1.82) is 0 Å². The number of benzene rings is 2. The number of ether oxygens (including phenoxy) is 1. The second-order valence-electron chi connectivity index (χ2n) is 12.1. The van der Waals surface area contributed by atoms with E-state index in [0.29, 0.717) is 16.3 Å². The molecule has 0 saturated carbocycles. The van der Waals surface area contributed by atoms with Gasteiger partial charge in [-0.1, -0.05) is 61.8 Å². The maximum Gasteiger partial charge on any atom is 0.337 e. The number of aryl methyl sites for hydroxylation is 2. The summed E-state index contributed by atoms with van der Waals surface area (Å²) in [5, 5.41) is 11.1. The van der Waals surface area contributed by atoms with E-state index in [0.717, 1.165) is 59.6 Å². The Labute approximate surface area is 231 Å². The second kappa shape index (κ2) is 10.7. The summed E-state index contributed by atoms with van der Waals surface area (Å²) in [5.74, 6) is -1.00. The summed E-state index contributed by atoms with van der Waals surface area (Å²) >= 11 is 6.08. The average Bonchev–Trinajstić information content (AvgIpc) is 2.83. The fourth-order valence-corrected chi connectivity index (χ4v) is 5.35. The van der Waals surface area contributed by atoms with Crippen molar-refractivity contribution in [2.75, 3.05) is 18.0 Å². The molecule has 6 heteroatoms. The maximum absolute atomic E-state index is 12.6. The van der Waals surface area contributed by atoms with Crippen molar-refractivity contribution in [3.63, 3.8) is 0 Å². The predicted octanol–water partition coefficient (Wildman–Crippen LogP) is 8.25. The SMILES string of the molecule is Cc1nc(C)c([C@H](OC(C)(C)C)C(=O)O)c(N2CCC(C)(C)CC2)c1-c1ccc(-c2ccc(Cl)cc2)cc1. The molecule has 1 aliphatic rings. The molecule has 4 rings (SSSR count). The predicted molar refractivity (Wildman–Crippen MR) is 156 cm³/mol. The number of rotatable bonds is 6. The number of hydrogen-bond donors (Lipinski definition) is 1. The lowest BCUT2D eigenvalue weighted by Gasteiger charge is -2.41. The van der Waals surface area contributed by atoms with Crippen LogP contribution in [0.25, 0.3) is 22.3 Å². The second-order valence-corrected chi connectivity index (χ2v) is 12.5. The quantitative estimate of drug-likeness (QED) is 0.345. The molecular weight excluding hydrogens is 496 g/mol. The van der Waals surface area contributed by atoms with Crippen molar-refractivity contribution in [2.24, 2.45) is 5.41 Å². The molecular formula is C32H39ClN2O3. The minimum atomic E-state index is -1.12. The zero-order valence-electron chi connectivity index (χ0n) is 23.6. The number of aliphatic carboxylic acids is 1. The van der Waals surface area contributed by atoms with Crippen LogP contribution in [0.4, 0.5) is 5.69 Å². The van der Waals surface area contributed by atoms with Crippen LogP contribution in [0, 0.1) is 19.3 Å². The van der Waals surface area contributed by atoms with Gasteiger partial charge in [0.15, 0.2) is 6.10 Å². The highest BCUT2D eigenvalue weighted by Gasteiger charge is 2.36. The monoisotopic (exact) mass is 534 g/mol. The van der Waals surface area contributed by atoms with Crippen LogP contribution in [0.5, 0.6) is 0 Å². The van der Waals surface area contributed by atoms with Crippen LogP contribution in [0.2, 0.25) is 5.02 Å². The van der Waals surface area contributed by atoms with E-state index >= 15 is 0 Å². The molecule has 2 aromatic carbocycles. The van der Waals surface area contributed by atoms with Crippen molar-refractivity contribution in [1.82, 2.24) is 4.98 Å². The third kappa shape index (κ3) is 6.22. The zero-order chi connectivity index (χ0) is 27.8. The van der Waals surface area contributed by atoms with Gasteiger partial charge in [-0.05, 0) is 81.7 Å². The molecule has 1 atom stereocenters. The van der Waals surface area contributed by atoms with E-state index in [1.807, 2.05) is 58.9 Å². The highest BCUT2D eigenvalue weighted by molar-refractivity contribution is 6.30. The minimum absolute atomic E-state index is 0.252. The van der Waals surface area contributed by atoms with Gasteiger partial charge in [-0.3, -0.25) is 4.98 Å². The lowest BCUT2D eigenvalue weighted by molar-refractivity contribution is -0.160. The fourth-order valence-electron chi connectivity index (χ4n) is 5.23. The smallest absolute Gasteiger partial charge is 0.337 e. The van der Waals surface area contributed by atoms with E-state index in [1.54, 1.807) is 0 Å². The van der Waals surface area contributed by atoms with E-state index in [9.17, 15) is 9.90 Å². The molecule has 0 unspecified atom stereocenters. The topological polar surface area (TPSA) is 62.7 Å². The standard InChI is InChI=1S/C32H39ClN2O3/c1-20-26(24-10-8-22(9-11-24)23-12-14-25(33)15-13-23)28(35-18-16-32(6,7)17-19-35)27(21(2)34-20)29(30(36)37)38-31(3,4)5/h8-15,29H,16-19H2,1-7H3,(H,36,37)/t29-/m0/s1. The molecule has 2 heterocycles. The Kier molecular flexibility index (Phi) is 7.92. The molecule has 0 spiro atoms. The molecule has 1 saturated heterocycles. The first-order valence-electron chi connectivity index (χ1n) is 13.3. The highest BCUT2D eigenvalue weighted by atomic mass is 35.5. The summed E-state index contributed by atoms with van der Waals surface area (Å²) in [4.78, 5) is 19.9. The minimum Gasteiger partial charge on any atom is -0.479 e. The molecule has 0 radical (unpaired) electrons. The lowest BCUT2D eigenvalue weighted by Crippen LogP contribution is -2.39. The number of pyridine rings is 1. The van der Waals surface area contributed by atoms with Crippen LogP contribution in [0.1, 0.15) is 70.5 Å². The van der Waals surface area contributed by atoms with Gasteiger partial charge in [0.1, 0.15) is 0 Å². The third-order valence-electron chi connectivity index (χ3n) is 7.32. The first-order valence-corrected chi connectivity index (χ1v) is 13.7. The number of hydrogen-bond acceptors (Lipinski definition) is 4. The summed E-state index contributed by atoms with van der Waals surface area (Å²) in [6.45, 7) is 15.9. The number of halogens is 1. The van der Waals surface area contributed by atoms with Crippen molar-refractivity contribution < 1.29 is 14.6 Å². The van der Waals surface area contributed by atoms with Gasteiger partial charge in [-0.15, -0.1) is 0 Å². The van der Waals surface area contributed by atoms with Crippen LogP contribution >= 0.6 is 11.6 Å². The van der Waals surface area contributed by atoms with E-state index in [1.165, 1.54) is 0 Å². The van der Waals surface area contributed by atoms with Gasteiger partial charge in [0.25, 0.3) is 0 Å². The Morgan fingerprint density at radius 3 is 1.95 bits per heavy atom. The third-order valence-corrected chi connectivity index (χ3v) is 7.57. The van der Waals surface area contributed by atoms with E-state index in [4.69, 9.17) is 21.3 Å². The Morgan fingerprint density at radius 1 is 0.947 bits per heavy atom. The molecule has 1 fully saturated rings. The van der Waals surface area contributed by atoms with Gasteiger partial charge in [0.2, 0.25) is 0 Å². The van der Waals surface area contributed by atoms with Crippen LogP contribution in [-0.4, -0.2) is 34.8 Å². The van der Waals surface area contributed by atoms with Gasteiger partial charge < -0.3 is 14.7 Å². The number of aromatic nitrogens is 1. The number of carboxylic acid groups (broad SMARTS) is 1. The Morgan fingerprint density at radius 2 is 1.45 bits per heavy atom. The van der Waals surface area contributed by atoms with E-state index < -0.39 is 17.7 Å². The Hall–Kier alpha value is -2.89. The highest BCUT2D eigenvalue weighted by Crippen LogP contribution is 2.45. The number of carboxylic acids is 1. The van der Waals surface area contributed by atoms with Crippen molar-refractivity contribution in [3.05, 3.63) is 70.5 Å². The van der Waals surface area contributed by atoms with Gasteiger partial charge in [0.05, 0.1) is 11.3 Å². The molecule has 0 aliphatic carbocycles. The van der Waals surface area contributed by atoms with Crippen molar-refractivity contribution >= 4 is 23.3 Å². The van der Waals surface area contributed by atoms with Crippen LogP contribution in [0.15, 0.2) is 48.5 Å². The molecule has 1 N–H and O–H groups in total. The van der Waals surface area contributed by atoms with Gasteiger partial charge in [-0.2, -0.15) is 0 Å². The van der Waals surface area contributed by atoms with E-state index in [-0.39, 0.29) is 5.41 Å². The van der Waals surface area contributed by atoms with Crippen molar-refractivity contribution in [2.45, 2.75) is 73.0 Å². The zero-order valence-corrected chi connectivity index (χ0v) is 24.3. The molecule has 1 aromatic heterocycles. The van der Waals surface area contributed by atoms with Gasteiger partial charge in [0, 0.05) is 40.6 Å². The maximum atomic E-state index is 12.6. The first kappa shape index (κ1) is 28.1. The van der Waals surface area contributed by atoms with E-state index in [2.05, 4.69) is 43.0 Å². The van der Waals surface area contributed by atoms with Crippen LogP contribution in [0.3, 0.4) is 0 Å². The van der Waals surface area contributed by atoms with Crippen molar-refractivity contribution in [3.8, 4) is 22.3 Å². The van der Waals surface area contributed by atoms with Gasteiger partial charge in [-0.25, -0.2) is 4.79 Å². The Bertz CT molecular complexity index is 1300. The molecule has 0 amide bonds. The lowest BCUT2D eigenvalue weighted by atomic mass is 9.81. The molecule has 3 aromatic rings. The number of carbonyl (C=O) groups is 1. The van der Waals surface area contributed by atoms with Gasteiger partial charge >= 0.3 is 5.97 Å². The number of anilines is 1. The fraction of sp³-hybridized carbons (Fsp3) is 0.438. The van der Waals surface area contributed by atoms with Crippen LogP contribution in [-0.2, 0) is 9.53 Å². The summed E-state index contributed by atoms with van der Waals surface area (Å²) in [5.41, 5.74) is 6.92. The first-order chi connectivity index (χ1) is 17.8. The number of piperidine rings is 1. The molecule has 38 heavy (non-hydrogen) atoms. The molecule has 1 aliphatic heterocycles. The number of nitrogens with zero attached hydrogens (tertiary/aromatic N) is 2. The van der Waals surface area contributed by atoms with Crippen LogP contribution < -0.4 is 4.90 Å². The summed E-state index contributed by atoms with van der Waals surface area (Å²) in [6, 6.07) is 16.2. The Balaban J connectivity index is 1.90. The molecule has 0 bridgehead atoms. The summed E-state index contributed by atoms with van der Waals surface area (Å²) in [7, 11) is 0. The molecule has 202 valence electrons. The summed E-state index contributed by atoms with van der Waals surface area (Å²) in [6.07, 6.45) is 0.930. The summed E-state index contributed by atoms with van der Waals surface area (Å²) < 4.78 is 6.18. The molecule has 5 nitrogen and oxygen atoms in total. The largest absolute Gasteiger partial charge is 0.479 e. The normalized spacial score (nSPS) is 16.4. The average molecular weight is 535 g/mol.